The van der Waals surface area contributed by atoms with Gasteiger partial charge in [0, 0.05) is 6.42 Å². The number of hydrogen-bond donors (Lipinski definition) is 2. The van der Waals surface area contributed by atoms with Crippen molar-refractivity contribution in [3.05, 3.63) is 29.6 Å². The fourth-order valence-corrected chi connectivity index (χ4v) is 1.50. The summed E-state index contributed by atoms with van der Waals surface area (Å²) < 4.78 is 18.0. The summed E-state index contributed by atoms with van der Waals surface area (Å²) in [5.74, 6) is -1.46. The third-order valence-corrected chi connectivity index (χ3v) is 2.49. The van der Waals surface area contributed by atoms with Crippen LogP contribution in [0.15, 0.2) is 18.2 Å². The molecule has 19 heavy (non-hydrogen) atoms. The molecule has 2 N–H and O–H groups in total. The Labute approximate surface area is 111 Å². The number of benzene rings is 1. The van der Waals surface area contributed by atoms with E-state index in [1.165, 1.54) is 19.2 Å². The normalized spacial score (nSPS) is 10.1. The lowest BCUT2D eigenvalue weighted by molar-refractivity contribution is -0.116. The van der Waals surface area contributed by atoms with Crippen molar-refractivity contribution in [1.29, 1.82) is 0 Å². The Morgan fingerprint density at radius 3 is 2.74 bits per heavy atom. The molecule has 0 aliphatic rings. The first kappa shape index (κ1) is 15.1. The Morgan fingerprint density at radius 2 is 2.11 bits per heavy atom. The molecule has 0 fully saturated rings. The van der Waals surface area contributed by atoms with Gasteiger partial charge in [0.15, 0.2) is 0 Å². The van der Waals surface area contributed by atoms with Gasteiger partial charge in [0.2, 0.25) is 5.91 Å². The van der Waals surface area contributed by atoms with E-state index in [2.05, 4.69) is 15.4 Å². The van der Waals surface area contributed by atoms with Gasteiger partial charge in [0.05, 0.1) is 18.4 Å². The van der Waals surface area contributed by atoms with Crippen LogP contribution in [0.3, 0.4) is 0 Å². The van der Waals surface area contributed by atoms with E-state index >= 15 is 0 Å². The number of amides is 1. The van der Waals surface area contributed by atoms with Crippen LogP contribution >= 0.6 is 0 Å². The lowest BCUT2D eigenvalue weighted by atomic mass is 10.2. The molecule has 0 saturated carbocycles. The van der Waals surface area contributed by atoms with Gasteiger partial charge in [-0.15, -0.1) is 0 Å². The van der Waals surface area contributed by atoms with Gasteiger partial charge in [0.25, 0.3) is 0 Å². The molecule has 1 aromatic rings. The minimum Gasteiger partial charge on any atom is -0.465 e. The summed E-state index contributed by atoms with van der Waals surface area (Å²) in [5, 5.41) is 5.35. The molecule has 0 atom stereocenters. The lowest BCUT2D eigenvalue weighted by Gasteiger charge is -2.08. The largest absolute Gasteiger partial charge is 0.465 e. The highest BCUT2D eigenvalue weighted by molar-refractivity contribution is 5.94. The zero-order valence-corrected chi connectivity index (χ0v) is 11.0. The Balaban J connectivity index is 2.71. The van der Waals surface area contributed by atoms with E-state index in [0.717, 1.165) is 6.07 Å². The van der Waals surface area contributed by atoms with Gasteiger partial charge in [-0.1, -0.05) is 0 Å². The van der Waals surface area contributed by atoms with Gasteiger partial charge >= 0.3 is 5.97 Å². The topological polar surface area (TPSA) is 67.4 Å². The molecule has 0 heterocycles. The van der Waals surface area contributed by atoms with Crippen molar-refractivity contribution in [3.63, 3.8) is 0 Å². The fourth-order valence-electron chi connectivity index (χ4n) is 1.50. The number of ether oxygens (including phenoxy) is 1. The van der Waals surface area contributed by atoms with Gasteiger partial charge in [-0.25, -0.2) is 9.18 Å². The van der Waals surface area contributed by atoms with Gasteiger partial charge in [-0.2, -0.15) is 0 Å². The lowest BCUT2D eigenvalue weighted by Crippen LogP contribution is -2.16. The minimum atomic E-state index is -0.588. The Bertz CT molecular complexity index is 463. The van der Waals surface area contributed by atoms with Crippen LogP contribution in [0.2, 0.25) is 0 Å². The molecular weight excluding hydrogens is 251 g/mol. The maximum absolute atomic E-state index is 13.5. The average molecular weight is 268 g/mol. The zero-order valence-electron chi connectivity index (χ0n) is 11.0. The fraction of sp³-hybridized carbons (Fsp3) is 0.385. The number of hydrogen-bond acceptors (Lipinski definition) is 4. The van der Waals surface area contributed by atoms with Crippen LogP contribution in [0.1, 0.15) is 23.2 Å². The summed E-state index contributed by atoms with van der Waals surface area (Å²) in [5.41, 5.74) is 0.173. The molecular formula is C13H17FN2O3. The zero-order chi connectivity index (χ0) is 14.3. The molecule has 0 unspecified atom stereocenters. The van der Waals surface area contributed by atoms with E-state index < -0.39 is 11.8 Å². The molecule has 0 aliphatic carbocycles. The monoisotopic (exact) mass is 268 g/mol. The first-order chi connectivity index (χ1) is 9.08. The Morgan fingerprint density at radius 1 is 1.37 bits per heavy atom. The van der Waals surface area contributed by atoms with Crippen molar-refractivity contribution in [2.75, 3.05) is 26.0 Å². The van der Waals surface area contributed by atoms with Crippen LogP contribution in [0.25, 0.3) is 0 Å². The smallest absolute Gasteiger partial charge is 0.337 e. The number of esters is 1. The van der Waals surface area contributed by atoms with Crippen molar-refractivity contribution >= 4 is 17.6 Å². The second-order valence-electron chi connectivity index (χ2n) is 3.94. The molecule has 1 rings (SSSR count). The van der Waals surface area contributed by atoms with Crippen LogP contribution < -0.4 is 10.6 Å². The predicted molar refractivity (Wildman–Crippen MR) is 69.5 cm³/mol. The maximum atomic E-state index is 13.5. The van der Waals surface area contributed by atoms with Gasteiger partial charge in [0.1, 0.15) is 5.82 Å². The van der Waals surface area contributed by atoms with Crippen molar-refractivity contribution in [2.24, 2.45) is 0 Å². The SMILES string of the molecule is CNCCCC(=O)Nc1cc(C(=O)OC)ccc1F. The molecule has 5 nitrogen and oxygen atoms in total. The number of rotatable bonds is 6. The molecule has 0 bridgehead atoms. The molecule has 1 aromatic carbocycles. The summed E-state index contributed by atoms with van der Waals surface area (Å²) in [6.07, 6.45) is 0.934. The summed E-state index contributed by atoms with van der Waals surface area (Å²) >= 11 is 0. The summed E-state index contributed by atoms with van der Waals surface area (Å²) in [6, 6.07) is 3.68. The highest BCUT2D eigenvalue weighted by atomic mass is 19.1. The quantitative estimate of drug-likeness (QED) is 0.607. The van der Waals surface area contributed by atoms with Crippen LogP contribution in [0.5, 0.6) is 0 Å². The highest BCUT2D eigenvalue weighted by Crippen LogP contribution is 2.17. The van der Waals surface area contributed by atoms with Gasteiger partial charge < -0.3 is 15.4 Å². The standard InChI is InChI=1S/C13H17FN2O3/c1-15-7-3-4-12(17)16-11-8-9(13(18)19-2)5-6-10(11)14/h5-6,8,15H,3-4,7H2,1-2H3,(H,16,17). The second-order valence-corrected chi connectivity index (χ2v) is 3.94. The third-order valence-electron chi connectivity index (χ3n) is 2.49. The number of anilines is 1. The summed E-state index contributed by atoms with van der Waals surface area (Å²) in [6.45, 7) is 0.706. The van der Waals surface area contributed by atoms with Gasteiger partial charge in [-0.3, -0.25) is 4.79 Å². The molecule has 1 amide bonds. The molecule has 6 heteroatoms. The van der Waals surface area contributed by atoms with Crippen molar-refractivity contribution < 1.29 is 18.7 Å². The second kappa shape index (κ2) is 7.48. The van der Waals surface area contributed by atoms with Crippen LogP contribution in [-0.2, 0) is 9.53 Å². The predicted octanol–water partition coefficient (Wildman–Crippen LogP) is 1.55. The van der Waals surface area contributed by atoms with Crippen molar-refractivity contribution in [3.8, 4) is 0 Å². The van der Waals surface area contributed by atoms with E-state index in [-0.39, 0.29) is 23.6 Å². The molecule has 0 saturated heterocycles. The van der Waals surface area contributed by atoms with Crippen LogP contribution in [0.4, 0.5) is 10.1 Å². The first-order valence-electron chi connectivity index (χ1n) is 5.90. The molecule has 0 radical (unpaired) electrons. The number of halogens is 1. The van der Waals surface area contributed by atoms with Crippen molar-refractivity contribution in [2.45, 2.75) is 12.8 Å². The maximum Gasteiger partial charge on any atom is 0.337 e. The summed E-state index contributed by atoms with van der Waals surface area (Å²) in [7, 11) is 3.03. The van der Waals surface area contributed by atoms with Crippen LogP contribution in [0, 0.1) is 5.82 Å². The van der Waals surface area contributed by atoms with E-state index in [0.29, 0.717) is 13.0 Å². The first-order valence-corrected chi connectivity index (χ1v) is 5.90. The highest BCUT2D eigenvalue weighted by Gasteiger charge is 2.11. The number of nitrogens with one attached hydrogen (secondary N) is 2. The minimum absolute atomic E-state index is 0.0163. The molecule has 0 aromatic heterocycles. The summed E-state index contributed by atoms with van der Waals surface area (Å²) in [4.78, 5) is 22.9. The van der Waals surface area contributed by atoms with Crippen molar-refractivity contribution in [1.82, 2.24) is 5.32 Å². The number of carbonyl (C=O) groups is 2. The molecule has 0 aliphatic heterocycles. The van der Waals surface area contributed by atoms with Crippen LogP contribution in [-0.4, -0.2) is 32.6 Å². The molecule has 104 valence electrons. The van der Waals surface area contributed by atoms with E-state index in [4.69, 9.17) is 0 Å². The Kier molecular flexibility index (Phi) is 5.95. The van der Waals surface area contributed by atoms with Gasteiger partial charge in [-0.05, 0) is 38.2 Å². The average Bonchev–Trinajstić information content (AvgIpc) is 2.40. The number of methoxy groups -OCH3 is 1. The van der Waals surface area contributed by atoms with E-state index in [1.807, 2.05) is 0 Å². The molecule has 0 spiro atoms. The number of carbonyl (C=O) groups excluding carboxylic acids is 2. The third kappa shape index (κ3) is 4.67. The Hall–Kier alpha value is -1.95. The van der Waals surface area contributed by atoms with E-state index in [9.17, 15) is 14.0 Å². The van der Waals surface area contributed by atoms with E-state index in [1.54, 1.807) is 7.05 Å².